The smallest absolute Gasteiger partial charge is 0.282 e. The number of carbonyl (C=O) groups excluding carboxylic acids is 2. The van der Waals surface area contributed by atoms with Crippen LogP contribution in [0.4, 0.5) is 5.69 Å². The summed E-state index contributed by atoms with van der Waals surface area (Å²) >= 11 is 18.1. The summed E-state index contributed by atoms with van der Waals surface area (Å²) in [5, 5.41) is 1.17. The first-order valence-electron chi connectivity index (χ1n) is 8.64. The third kappa shape index (κ3) is 3.40. The summed E-state index contributed by atoms with van der Waals surface area (Å²) in [7, 11) is 0. The van der Waals surface area contributed by atoms with Crippen molar-refractivity contribution in [1.82, 2.24) is 4.90 Å². The molecule has 4 rings (SSSR count). The van der Waals surface area contributed by atoms with Gasteiger partial charge in [0.2, 0.25) is 0 Å². The monoisotopic (exact) mass is 436 g/mol. The fourth-order valence-corrected chi connectivity index (χ4v) is 3.75. The summed E-state index contributed by atoms with van der Waals surface area (Å²) in [6.07, 6.45) is 0. The molecule has 1 saturated heterocycles. The predicted molar refractivity (Wildman–Crippen MR) is 110 cm³/mol. The third-order valence-electron chi connectivity index (χ3n) is 4.68. The fraction of sp³-hybridized carbons (Fsp3) is 0.200. The second kappa shape index (κ2) is 7.76. The lowest BCUT2D eigenvalue weighted by Crippen LogP contribution is -2.40. The van der Waals surface area contributed by atoms with Crippen LogP contribution < -0.4 is 4.90 Å². The van der Waals surface area contributed by atoms with Crippen molar-refractivity contribution in [3.63, 3.8) is 0 Å². The molecule has 0 atom stereocenters. The normalized spacial score (nSPS) is 17.7. The maximum atomic E-state index is 13.3. The number of ether oxygens (including phenoxy) is 1. The van der Waals surface area contributed by atoms with E-state index in [1.165, 1.54) is 6.07 Å². The molecule has 2 aliphatic heterocycles. The number of benzene rings is 2. The lowest BCUT2D eigenvalue weighted by Gasteiger charge is -2.29. The van der Waals surface area contributed by atoms with E-state index in [4.69, 9.17) is 39.5 Å². The Morgan fingerprint density at radius 1 is 0.821 bits per heavy atom. The van der Waals surface area contributed by atoms with E-state index in [2.05, 4.69) is 0 Å². The Morgan fingerprint density at radius 3 is 2.14 bits per heavy atom. The lowest BCUT2D eigenvalue weighted by molar-refractivity contribution is -0.121. The molecule has 0 unspecified atom stereocenters. The van der Waals surface area contributed by atoms with Gasteiger partial charge in [0, 0.05) is 18.1 Å². The molecule has 0 bridgehead atoms. The van der Waals surface area contributed by atoms with Crippen LogP contribution in [-0.4, -0.2) is 43.0 Å². The Bertz CT molecular complexity index is 983. The van der Waals surface area contributed by atoms with Crippen molar-refractivity contribution in [1.29, 1.82) is 0 Å². The van der Waals surface area contributed by atoms with Gasteiger partial charge < -0.3 is 9.64 Å². The van der Waals surface area contributed by atoms with Gasteiger partial charge in [0.1, 0.15) is 5.70 Å². The maximum absolute atomic E-state index is 13.3. The van der Waals surface area contributed by atoms with Gasteiger partial charge in [0.15, 0.2) is 0 Å². The molecule has 2 aromatic rings. The second-order valence-corrected chi connectivity index (χ2v) is 7.62. The van der Waals surface area contributed by atoms with E-state index in [0.717, 1.165) is 4.90 Å². The molecule has 1 fully saturated rings. The summed E-state index contributed by atoms with van der Waals surface area (Å²) < 4.78 is 5.39. The van der Waals surface area contributed by atoms with E-state index >= 15 is 0 Å². The van der Waals surface area contributed by atoms with Crippen LogP contribution in [0.3, 0.4) is 0 Å². The summed E-state index contributed by atoms with van der Waals surface area (Å²) in [6, 6.07) is 11.5. The van der Waals surface area contributed by atoms with E-state index in [9.17, 15) is 9.59 Å². The first-order chi connectivity index (χ1) is 13.5. The molecule has 2 amide bonds. The van der Waals surface area contributed by atoms with E-state index in [1.54, 1.807) is 36.4 Å². The van der Waals surface area contributed by atoms with E-state index in [-0.39, 0.29) is 5.02 Å². The number of hydrogen-bond donors (Lipinski definition) is 0. The number of anilines is 1. The number of morpholine rings is 1. The highest BCUT2D eigenvalue weighted by Crippen LogP contribution is 2.37. The zero-order chi connectivity index (χ0) is 19.8. The van der Waals surface area contributed by atoms with Crippen molar-refractivity contribution in [2.24, 2.45) is 0 Å². The maximum Gasteiger partial charge on any atom is 0.282 e. The van der Waals surface area contributed by atoms with Crippen molar-refractivity contribution in [3.8, 4) is 0 Å². The van der Waals surface area contributed by atoms with Crippen molar-refractivity contribution >= 4 is 57.9 Å². The molecule has 0 aromatic heterocycles. The first-order valence-corrected chi connectivity index (χ1v) is 9.77. The molecule has 0 radical (unpaired) electrons. The zero-order valence-corrected chi connectivity index (χ0v) is 16.9. The number of halogens is 3. The molecular weight excluding hydrogens is 423 g/mol. The molecule has 28 heavy (non-hydrogen) atoms. The van der Waals surface area contributed by atoms with Crippen LogP contribution >= 0.6 is 34.8 Å². The number of carbonyl (C=O) groups is 2. The van der Waals surface area contributed by atoms with Crippen LogP contribution in [0.1, 0.15) is 5.56 Å². The highest BCUT2D eigenvalue weighted by atomic mass is 35.5. The van der Waals surface area contributed by atoms with Crippen LogP contribution in [0, 0.1) is 0 Å². The van der Waals surface area contributed by atoms with Crippen molar-refractivity contribution in [3.05, 3.63) is 68.8 Å². The zero-order valence-electron chi connectivity index (χ0n) is 14.6. The summed E-state index contributed by atoms with van der Waals surface area (Å²) in [5.74, 6) is -0.803. The van der Waals surface area contributed by atoms with Gasteiger partial charge >= 0.3 is 0 Å². The molecule has 2 aromatic carbocycles. The van der Waals surface area contributed by atoms with Crippen LogP contribution in [-0.2, 0) is 14.3 Å². The molecule has 0 aliphatic carbocycles. The number of hydrogen-bond acceptors (Lipinski definition) is 4. The minimum atomic E-state index is -0.410. The average Bonchev–Trinajstić information content (AvgIpc) is 2.96. The van der Waals surface area contributed by atoms with Gasteiger partial charge in [0.25, 0.3) is 11.8 Å². The van der Waals surface area contributed by atoms with Crippen molar-refractivity contribution < 1.29 is 14.3 Å². The Hall–Kier alpha value is -2.05. The average molecular weight is 438 g/mol. The lowest BCUT2D eigenvalue weighted by atomic mass is 10.0. The van der Waals surface area contributed by atoms with Gasteiger partial charge in [-0.1, -0.05) is 46.9 Å². The Kier molecular flexibility index (Phi) is 5.34. The standard InChI is InChI=1S/C20H15Cl3N2O3/c21-13-3-1-12(2-4-13)17-18(24-7-9-28-10-8-24)20(27)25(19(17)26)14-5-6-15(22)16(23)11-14/h1-6,11H,7-10H2. The van der Waals surface area contributed by atoms with Crippen LogP contribution in [0.5, 0.6) is 0 Å². The van der Waals surface area contributed by atoms with Gasteiger partial charge in [-0.25, -0.2) is 4.90 Å². The number of nitrogens with zero attached hydrogens (tertiary/aromatic N) is 2. The summed E-state index contributed by atoms with van der Waals surface area (Å²) in [4.78, 5) is 29.7. The molecule has 8 heteroatoms. The SMILES string of the molecule is O=C1C(c2ccc(Cl)cc2)=C(N2CCOCC2)C(=O)N1c1ccc(Cl)c(Cl)c1. The second-order valence-electron chi connectivity index (χ2n) is 6.37. The topological polar surface area (TPSA) is 49.9 Å². The Balaban J connectivity index is 1.82. The van der Waals surface area contributed by atoms with Gasteiger partial charge in [-0.15, -0.1) is 0 Å². The fourth-order valence-electron chi connectivity index (χ4n) is 3.33. The summed E-state index contributed by atoms with van der Waals surface area (Å²) in [5.41, 5.74) is 1.71. The molecule has 144 valence electrons. The summed E-state index contributed by atoms with van der Waals surface area (Å²) in [6.45, 7) is 2.04. The molecular formula is C20H15Cl3N2O3. The van der Waals surface area contributed by atoms with Gasteiger partial charge in [-0.3, -0.25) is 9.59 Å². The predicted octanol–water partition coefficient (Wildman–Crippen LogP) is 4.26. The molecule has 2 aliphatic rings. The quantitative estimate of drug-likeness (QED) is 0.673. The molecule has 2 heterocycles. The number of imide groups is 1. The van der Waals surface area contributed by atoms with Crippen molar-refractivity contribution in [2.75, 3.05) is 31.2 Å². The number of amides is 2. The van der Waals surface area contributed by atoms with E-state index in [0.29, 0.717) is 58.9 Å². The molecule has 0 spiro atoms. The van der Waals surface area contributed by atoms with E-state index in [1.807, 2.05) is 4.90 Å². The first kappa shape index (κ1) is 19.3. The molecule has 5 nitrogen and oxygen atoms in total. The third-order valence-corrected chi connectivity index (χ3v) is 5.67. The highest BCUT2D eigenvalue weighted by Gasteiger charge is 2.42. The van der Waals surface area contributed by atoms with E-state index < -0.39 is 11.8 Å². The van der Waals surface area contributed by atoms with Gasteiger partial charge in [0.05, 0.1) is 34.5 Å². The minimum Gasteiger partial charge on any atom is -0.378 e. The Labute approximate surface area is 177 Å². The molecule has 0 saturated carbocycles. The largest absolute Gasteiger partial charge is 0.378 e. The van der Waals surface area contributed by atoms with Crippen molar-refractivity contribution in [2.45, 2.75) is 0 Å². The molecule has 0 N–H and O–H groups in total. The Morgan fingerprint density at radius 2 is 1.50 bits per heavy atom. The van der Waals surface area contributed by atoms with Gasteiger partial charge in [-0.05, 0) is 35.9 Å². The highest BCUT2D eigenvalue weighted by molar-refractivity contribution is 6.46. The number of rotatable bonds is 3. The van der Waals surface area contributed by atoms with Crippen LogP contribution in [0.15, 0.2) is 48.2 Å². The van der Waals surface area contributed by atoms with Crippen LogP contribution in [0.25, 0.3) is 5.57 Å². The minimum absolute atomic E-state index is 0.271. The van der Waals surface area contributed by atoms with Crippen LogP contribution in [0.2, 0.25) is 15.1 Å². The van der Waals surface area contributed by atoms with Gasteiger partial charge in [-0.2, -0.15) is 0 Å².